The molecule has 1 aromatic rings. The summed E-state index contributed by atoms with van der Waals surface area (Å²) in [6.45, 7) is 6.07. The van der Waals surface area contributed by atoms with E-state index in [1.54, 1.807) is 11.9 Å². The first-order chi connectivity index (χ1) is 10.8. The summed E-state index contributed by atoms with van der Waals surface area (Å²) in [5.74, 6) is 0. The number of hydrogen-bond acceptors (Lipinski definition) is 3. The first-order valence-corrected chi connectivity index (χ1v) is 8.23. The maximum atomic E-state index is 12.3. The SMILES string of the molecule is CN(CC1(CC=O)CCCc2ccccc21)C(=O)OC(C)(C)C. The lowest BCUT2D eigenvalue weighted by atomic mass is 9.68. The standard InChI is InChI=1S/C19H27NO3/c1-18(2,3)23-17(22)20(4)14-19(12-13-21)11-7-9-15-8-5-6-10-16(15)19/h5-6,8,10,13H,7,9,11-12,14H2,1-4H3. The summed E-state index contributed by atoms with van der Waals surface area (Å²) in [6, 6.07) is 8.27. The fraction of sp³-hybridized carbons (Fsp3) is 0.579. The summed E-state index contributed by atoms with van der Waals surface area (Å²) >= 11 is 0. The molecule has 0 saturated heterocycles. The van der Waals surface area contributed by atoms with Crippen LogP contribution in [0.3, 0.4) is 0 Å². The minimum atomic E-state index is -0.520. The van der Waals surface area contributed by atoms with Crippen LogP contribution in [0.25, 0.3) is 0 Å². The van der Waals surface area contributed by atoms with Gasteiger partial charge in [-0.05, 0) is 51.2 Å². The fourth-order valence-corrected chi connectivity index (χ4v) is 3.47. The highest BCUT2D eigenvalue weighted by atomic mass is 16.6. The van der Waals surface area contributed by atoms with Crippen LogP contribution in [0.15, 0.2) is 24.3 Å². The molecule has 0 heterocycles. The summed E-state index contributed by atoms with van der Waals surface area (Å²) < 4.78 is 5.45. The van der Waals surface area contributed by atoms with E-state index in [9.17, 15) is 9.59 Å². The molecule has 2 rings (SSSR count). The molecule has 1 aliphatic rings. The van der Waals surface area contributed by atoms with Gasteiger partial charge in [0, 0.05) is 25.4 Å². The number of hydrogen-bond donors (Lipinski definition) is 0. The van der Waals surface area contributed by atoms with Crippen LogP contribution in [0.1, 0.15) is 51.2 Å². The second-order valence-corrected chi connectivity index (χ2v) is 7.50. The zero-order chi connectivity index (χ0) is 17.1. The van der Waals surface area contributed by atoms with Crippen LogP contribution >= 0.6 is 0 Å². The molecule has 0 spiro atoms. The van der Waals surface area contributed by atoms with E-state index in [1.807, 2.05) is 32.9 Å². The zero-order valence-corrected chi connectivity index (χ0v) is 14.6. The lowest BCUT2D eigenvalue weighted by Gasteiger charge is -2.41. The predicted molar refractivity (Wildman–Crippen MR) is 90.6 cm³/mol. The van der Waals surface area contributed by atoms with Crippen LogP contribution in [0.4, 0.5) is 4.79 Å². The molecule has 0 saturated carbocycles. The average Bonchev–Trinajstić information content (AvgIpc) is 2.46. The van der Waals surface area contributed by atoms with Crippen LogP contribution in [0.5, 0.6) is 0 Å². The molecule has 1 atom stereocenters. The van der Waals surface area contributed by atoms with Crippen molar-refractivity contribution in [3.05, 3.63) is 35.4 Å². The van der Waals surface area contributed by atoms with Gasteiger partial charge in [0.05, 0.1) is 0 Å². The topological polar surface area (TPSA) is 46.6 Å². The molecule has 1 unspecified atom stereocenters. The van der Waals surface area contributed by atoms with Crippen molar-refractivity contribution < 1.29 is 14.3 Å². The Morgan fingerprint density at radius 3 is 2.70 bits per heavy atom. The molecule has 0 aromatic heterocycles. The van der Waals surface area contributed by atoms with Crippen molar-refractivity contribution in [1.82, 2.24) is 4.90 Å². The molecule has 0 radical (unpaired) electrons. The number of nitrogens with zero attached hydrogens (tertiary/aromatic N) is 1. The van der Waals surface area contributed by atoms with Crippen molar-refractivity contribution in [3.8, 4) is 0 Å². The molecule has 0 N–H and O–H groups in total. The number of aldehydes is 1. The molecule has 126 valence electrons. The molecule has 0 fully saturated rings. The minimum absolute atomic E-state index is 0.303. The predicted octanol–water partition coefficient (Wildman–Crippen LogP) is 3.72. The Hall–Kier alpha value is -1.84. The third-order valence-electron chi connectivity index (χ3n) is 4.41. The number of rotatable bonds is 4. The molecule has 1 amide bonds. The van der Waals surface area contributed by atoms with E-state index in [4.69, 9.17) is 4.74 Å². The van der Waals surface area contributed by atoms with Crippen molar-refractivity contribution in [3.63, 3.8) is 0 Å². The van der Waals surface area contributed by atoms with Crippen molar-refractivity contribution >= 4 is 12.4 Å². The van der Waals surface area contributed by atoms with Gasteiger partial charge in [0.1, 0.15) is 11.9 Å². The maximum absolute atomic E-state index is 12.3. The fourth-order valence-electron chi connectivity index (χ4n) is 3.47. The van der Waals surface area contributed by atoms with E-state index >= 15 is 0 Å². The van der Waals surface area contributed by atoms with E-state index in [2.05, 4.69) is 12.1 Å². The lowest BCUT2D eigenvalue weighted by Crippen LogP contribution is -2.45. The molecule has 4 heteroatoms. The largest absolute Gasteiger partial charge is 0.444 e. The third-order valence-corrected chi connectivity index (χ3v) is 4.41. The molecular weight excluding hydrogens is 290 g/mol. The van der Waals surface area contributed by atoms with Gasteiger partial charge in [0.2, 0.25) is 0 Å². The molecule has 1 aliphatic carbocycles. The van der Waals surface area contributed by atoms with Crippen LogP contribution in [0, 0.1) is 0 Å². The zero-order valence-electron chi connectivity index (χ0n) is 14.6. The van der Waals surface area contributed by atoms with Gasteiger partial charge < -0.3 is 14.4 Å². The molecule has 4 nitrogen and oxygen atoms in total. The number of aryl methyl sites for hydroxylation is 1. The quantitative estimate of drug-likeness (QED) is 0.795. The number of benzene rings is 1. The monoisotopic (exact) mass is 317 g/mol. The van der Waals surface area contributed by atoms with Crippen molar-refractivity contribution in [2.45, 2.75) is 57.5 Å². The van der Waals surface area contributed by atoms with E-state index in [1.165, 1.54) is 11.1 Å². The number of fused-ring (bicyclic) bond motifs is 1. The molecule has 23 heavy (non-hydrogen) atoms. The number of amides is 1. The van der Waals surface area contributed by atoms with Gasteiger partial charge in [-0.25, -0.2) is 4.79 Å². The Labute approximate surface area is 138 Å². The number of carbonyl (C=O) groups is 2. The van der Waals surface area contributed by atoms with Gasteiger partial charge >= 0.3 is 6.09 Å². The normalized spacial score (nSPS) is 20.5. The average molecular weight is 317 g/mol. The Kier molecular flexibility index (Phi) is 5.12. The van der Waals surface area contributed by atoms with Gasteiger partial charge in [-0.1, -0.05) is 24.3 Å². The first kappa shape index (κ1) is 17.5. The minimum Gasteiger partial charge on any atom is -0.444 e. The second-order valence-electron chi connectivity index (χ2n) is 7.50. The summed E-state index contributed by atoms with van der Waals surface area (Å²) in [5, 5.41) is 0. The van der Waals surface area contributed by atoms with Crippen molar-refractivity contribution in [2.75, 3.05) is 13.6 Å². The van der Waals surface area contributed by atoms with Crippen LogP contribution in [-0.2, 0) is 21.4 Å². The summed E-state index contributed by atoms with van der Waals surface area (Å²) in [7, 11) is 1.75. The lowest BCUT2D eigenvalue weighted by molar-refractivity contribution is -0.109. The number of carbonyl (C=O) groups excluding carboxylic acids is 2. The first-order valence-electron chi connectivity index (χ1n) is 8.23. The van der Waals surface area contributed by atoms with Crippen molar-refractivity contribution in [2.24, 2.45) is 0 Å². The highest BCUT2D eigenvalue weighted by molar-refractivity contribution is 5.68. The van der Waals surface area contributed by atoms with Crippen LogP contribution < -0.4 is 0 Å². The number of ether oxygens (including phenoxy) is 1. The van der Waals surface area contributed by atoms with Gasteiger partial charge in [-0.2, -0.15) is 0 Å². The van der Waals surface area contributed by atoms with E-state index < -0.39 is 5.60 Å². The van der Waals surface area contributed by atoms with E-state index in [0.717, 1.165) is 25.5 Å². The summed E-state index contributed by atoms with van der Waals surface area (Å²) in [5.41, 5.74) is 1.67. The molecule has 1 aromatic carbocycles. The van der Waals surface area contributed by atoms with E-state index in [-0.39, 0.29) is 11.5 Å². The Morgan fingerprint density at radius 2 is 2.04 bits per heavy atom. The van der Waals surface area contributed by atoms with Crippen molar-refractivity contribution in [1.29, 1.82) is 0 Å². The smallest absolute Gasteiger partial charge is 0.410 e. The highest BCUT2D eigenvalue weighted by Crippen LogP contribution is 2.40. The second kappa shape index (κ2) is 6.73. The van der Waals surface area contributed by atoms with Gasteiger partial charge in [-0.15, -0.1) is 0 Å². The summed E-state index contributed by atoms with van der Waals surface area (Å²) in [6.07, 6.45) is 4.05. The van der Waals surface area contributed by atoms with Gasteiger partial charge in [-0.3, -0.25) is 0 Å². The Bertz CT molecular complexity index is 576. The molecular formula is C19H27NO3. The van der Waals surface area contributed by atoms with Gasteiger partial charge in [0.15, 0.2) is 0 Å². The van der Waals surface area contributed by atoms with E-state index in [0.29, 0.717) is 13.0 Å². The molecule has 0 aliphatic heterocycles. The number of likely N-dealkylation sites (N-methyl/N-ethyl adjacent to an activating group) is 1. The highest BCUT2D eigenvalue weighted by Gasteiger charge is 2.38. The summed E-state index contributed by atoms with van der Waals surface area (Å²) in [4.78, 5) is 25.2. The Balaban J connectivity index is 2.26. The van der Waals surface area contributed by atoms with Crippen LogP contribution in [0.2, 0.25) is 0 Å². The van der Waals surface area contributed by atoms with Gasteiger partial charge in [0.25, 0.3) is 0 Å². The third kappa shape index (κ3) is 4.12. The van der Waals surface area contributed by atoms with Crippen LogP contribution in [-0.4, -0.2) is 36.5 Å². The maximum Gasteiger partial charge on any atom is 0.410 e. The Morgan fingerprint density at radius 1 is 1.35 bits per heavy atom. The molecule has 0 bridgehead atoms.